The second-order valence-electron chi connectivity index (χ2n) is 6.09. The van der Waals surface area contributed by atoms with Crippen molar-refractivity contribution in [1.82, 2.24) is 0 Å². The maximum atomic E-state index is 12.2. The lowest BCUT2D eigenvalue weighted by molar-refractivity contribution is -0.119. The van der Waals surface area contributed by atoms with Gasteiger partial charge < -0.3 is 15.4 Å². The highest BCUT2D eigenvalue weighted by molar-refractivity contribution is 7.16. The van der Waals surface area contributed by atoms with Crippen LogP contribution in [-0.2, 0) is 14.3 Å². The van der Waals surface area contributed by atoms with Gasteiger partial charge in [-0.1, -0.05) is 23.7 Å². The van der Waals surface area contributed by atoms with Crippen LogP contribution < -0.4 is 10.6 Å². The van der Waals surface area contributed by atoms with Gasteiger partial charge in [0.1, 0.15) is 6.61 Å². The third-order valence-electron chi connectivity index (χ3n) is 3.87. The summed E-state index contributed by atoms with van der Waals surface area (Å²) in [4.78, 5) is 25.7. The standard InChI is InChI=1S/C22H19ClN2O3S/c1-28-14-22(27)25-18-8-6-17(7-9-18)24-21(26)13-11-19-10-12-20(29-19)15-2-4-16(23)5-3-15/h2-13H,14H2,1H3,(H,24,26)(H,25,27)/b13-11+. The lowest BCUT2D eigenvalue weighted by Crippen LogP contribution is -2.17. The lowest BCUT2D eigenvalue weighted by Gasteiger charge is -2.06. The van der Waals surface area contributed by atoms with Gasteiger partial charge in [-0.05, 0) is 60.2 Å². The Morgan fingerprint density at radius 2 is 1.62 bits per heavy atom. The van der Waals surface area contributed by atoms with E-state index < -0.39 is 0 Å². The van der Waals surface area contributed by atoms with Crippen LogP contribution in [0.5, 0.6) is 0 Å². The zero-order chi connectivity index (χ0) is 20.6. The molecule has 0 aliphatic heterocycles. The predicted molar refractivity (Wildman–Crippen MR) is 119 cm³/mol. The minimum atomic E-state index is -0.235. The summed E-state index contributed by atoms with van der Waals surface area (Å²) in [6, 6.07) is 18.5. The van der Waals surface area contributed by atoms with E-state index in [9.17, 15) is 9.59 Å². The summed E-state index contributed by atoms with van der Waals surface area (Å²) >= 11 is 7.51. The molecule has 0 spiro atoms. The van der Waals surface area contributed by atoms with Crippen LogP contribution in [0.25, 0.3) is 16.5 Å². The second-order valence-corrected chi connectivity index (χ2v) is 7.64. The number of ether oxygens (including phenoxy) is 1. The average Bonchev–Trinajstić information content (AvgIpc) is 3.18. The van der Waals surface area contributed by atoms with E-state index >= 15 is 0 Å². The molecule has 3 rings (SSSR count). The summed E-state index contributed by atoms with van der Waals surface area (Å²) < 4.78 is 4.77. The first kappa shape index (κ1) is 20.8. The number of methoxy groups -OCH3 is 1. The highest BCUT2D eigenvalue weighted by Crippen LogP contribution is 2.29. The zero-order valence-corrected chi connectivity index (χ0v) is 17.2. The normalized spacial score (nSPS) is 10.8. The van der Waals surface area contributed by atoms with E-state index in [-0.39, 0.29) is 18.4 Å². The monoisotopic (exact) mass is 426 g/mol. The Bertz CT molecular complexity index is 1010. The minimum Gasteiger partial charge on any atom is -0.375 e. The number of carbonyl (C=O) groups is 2. The molecule has 2 N–H and O–H groups in total. The fraction of sp³-hybridized carbons (Fsp3) is 0.0909. The van der Waals surface area contributed by atoms with Crippen molar-refractivity contribution in [2.45, 2.75) is 0 Å². The Morgan fingerprint density at radius 3 is 2.28 bits per heavy atom. The first-order chi connectivity index (χ1) is 14.0. The fourth-order valence-corrected chi connectivity index (χ4v) is 3.56. The van der Waals surface area contributed by atoms with Crippen LogP contribution >= 0.6 is 22.9 Å². The van der Waals surface area contributed by atoms with E-state index in [1.807, 2.05) is 36.4 Å². The van der Waals surface area contributed by atoms with E-state index in [0.29, 0.717) is 16.4 Å². The van der Waals surface area contributed by atoms with Crippen LogP contribution in [0, 0.1) is 0 Å². The fourth-order valence-electron chi connectivity index (χ4n) is 2.52. The molecular weight excluding hydrogens is 408 g/mol. The number of halogens is 1. The molecule has 3 aromatic rings. The predicted octanol–water partition coefficient (Wildman–Crippen LogP) is 5.31. The molecule has 0 unspecified atom stereocenters. The SMILES string of the molecule is COCC(=O)Nc1ccc(NC(=O)/C=C/c2ccc(-c3ccc(Cl)cc3)s2)cc1. The summed E-state index contributed by atoms with van der Waals surface area (Å²) in [5.74, 6) is -0.469. The molecule has 1 aromatic heterocycles. The lowest BCUT2D eigenvalue weighted by atomic mass is 10.2. The highest BCUT2D eigenvalue weighted by atomic mass is 35.5. The number of carbonyl (C=O) groups excluding carboxylic acids is 2. The topological polar surface area (TPSA) is 67.4 Å². The number of rotatable bonds is 7. The van der Waals surface area contributed by atoms with Gasteiger partial charge in [-0.2, -0.15) is 0 Å². The third kappa shape index (κ3) is 6.29. The zero-order valence-electron chi connectivity index (χ0n) is 15.6. The summed E-state index contributed by atoms with van der Waals surface area (Å²) in [6.07, 6.45) is 3.27. The van der Waals surface area contributed by atoms with Gasteiger partial charge in [-0.25, -0.2) is 0 Å². The number of benzene rings is 2. The Kier molecular flexibility index (Phi) is 7.19. The van der Waals surface area contributed by atoms with Crippen LogP contribution in [-0.4, -0.2) is 25.5 Å². The molecule has 29 heavy (non-hydrogen) atoms. The molecular formula is C22H19ClN2O3S. The quantitative estimate of drug-likeness (QED) is 0.503. The number of hydrogen-bond donors (Lipinski definition) is 2. The van der Waals surface area contributed by atoms with Crippen LogP contribution in [0.3, 0.4) is 0 Å². The molecule has 0 aliphatic carbocycles. The third-order valence-corrected chi connectivity index (χ3v) is 5.22. The van der Waals surface area contributed by atoms with E-state index in [0.717, 1.165) is 15.3 Å². The van der Waals surface area contributed by atoms with Gasteiger partial charge in [0.15, 0.2) is 0 Å². The van der Waals surface area contributed by atoms with Gasteiger partial charge in [-0.3, -0.25) is 9.59 Å². The first-order valence-electron chi connectivity index (χ1n) is 8.77. The number of anilines is 2. The molecule has 0 saturated heterocycles. The molecule has 5 nitrogen and oxygen atoms in total. The number of nitrogens with one attached hydrogen (secondary N) is 2. The minimum absolute atomic E-state index is 0.00820. The molecule has 0 aliphatic rings. The molecule has 1 heterocycles. The van der Waals surface area contributed by atoms with Crippen LogP contribution in [0.15, 0.2) is 66.7 Å². The largest absolute Gasteiger partial charge is 0.375 e. The highest BCUT2D eigenvalue weighted by Gasteiger charge is 2.04. The maximum Gasteiger partial charge on any atom is 0.250 e. The van der Waals surface area contributed by atoms with Crippen molar-refractivity contribution in [1.29, 1.82) is 0 Å². The molecule has 148 valence electrons. The average molecular weight is 427 g/mol. The van der Waals surface area contributed by atoms with Crippen molar-refractivity contribution >= 4 is 52.2 Å². The van der Waals surface area contributed by atoms with Crippen molar-refractivity contribution in [3.05, 3.63) is 76.6 Å². The Labute approximate surface area is 178 Å². The maximum absolute atomic E-state index is 12.2. The van der Waals surface area contributed by atoms with Crippen molar-refractivity contribution in [2.75, 3.05) is 24.4 Å². The summed E-state index contributed by atoms with van der Waals surface area (Å²) in [7, 11) is 1.46. The number of hydrogen-bond acceptors (Lipinski definition) is 4. The Balaban J connectivity index is 1.56. The molecule has 7 heteroatoms. The Hall–Kier alpha value is -2.93. The van der Waals surface area contributed by atoms with Gasteiger partial charge in [0.2, 0.25) is 11.8 Å². The van der Waals surface area contributed by atoms with Crippen LogP contribution in [0.1, 0.15) is 4.88 Å². The van der Waals surface area contributed by atoms with Gasteiger partial charge in [-0.15, -0.1) is 11.3 Å². The van der Waals surface area contributed by atoms with Gasteiger partial charge in [0.05, 0.1) is 0 Å². The van der Waals surface area contributed by atoms with E-state index in [1.165, 1.54) is 13.2 Å². The number of amides is 2. The van der Waals surface area contributed by atoms with E-state index in [4.69, 9.17) is 16.3 Å². The molecule has 0 saturated carbocycles. The van der Waals surface area contributed by atoms with Gasteiger partial charge in [0, 0.05) is 39.3 Å². The van der Waals surface area contributed by atoms with Gasteiger partial charge >= 0.3 is 0 Å². The molecule has 2 amide bonds. The second kappa shape index (κ2) is 10.0. The van der Waals surface area contributed by atoms with Crippen molar-refractivity contribution in [3.63, 3.8) is 0 Å². The summed E-state index contributed by atoms with van der Waals surface area (Å²) in [6.45, 7) is -0.00820. The van der Waals surface area contributed by atoms with Crippen LogP contribution in [0.4, 0.5) is 11.4 Å². The van der Waals surface area contributed by atoms with Crippen molar-refractivity contribution < 1.29 is 14.3 Å². The Morgan fingerprint density at radius 1 is 0.966 bits per heavy atom. The summed E-state index contributed by atoms with van der Waals surface area (Å²) in [5, 5.41) is 6.18. The molecule has 2 aromatic carbocycles. The van der Waals surface area contributed by atoms with E-state index in [2.05, 4.69) is 10.6 Å². The van der Waals surface area contributed by atoms with Crippen molar-refractivity contribution in [3.8, 4) is 10.4 Å². The molecule has 0 radical (unpaired) electrons. The smallest absolute Gasteiger partial charge is 0.250 e. The molecule has 0 atom stereocenters. The van der Waals surface area contributed by atoms with E-state index in [1.54, 1.807) is 41.7 Å². The molecule has 0 fully saturated rings. The number of thiophene rings is 1. The van der Waals surface area contributed by atoms with Crippen molar-refractivity contribution in [2.24, 2.45) is 0 Å². The first-order valence-corrected chi connectivity index (χ1v) is 9.96. The van der Waals surface area contributed by atoms with Crippen LogP contribution in [0.2, 0.25) is 5.02 Å². The summed E-state index contributed by atoms with van der Waals surface area (Å²) in [5.41, 5.74) is 2.35. The van der Waals surface area contributed by atoms with Gasteiger partial charge in [0.25, 0.3) is 0 Å². The molecule has 0 bridgehead atoms.